The van der Waals surface area contributed by atoms with E-state index >= 15 is 0 Å². The maximum absolute atomic E-state index is 14.0. The van der Waals surface area contributed by atoms with Crippen molar-refractivity contribution in [2.24, 2.45) is 0 Å². The number of halogens is 2. The van der Waals surface area contributed by atoms with Gasteiger partial charge < -0.3 is 0 Å². The molecule has 2 nitrogen and oxygen atoms in total. The van der Waals surface area contributed by atoms with E-state index in [2.05, 4.69) is 16.7 Å². The van der Waals surface area contributed by atoms with Gasteiger partial charge in [-0.2, -0.15) is 0 Å². The molecule has 0 amide bonds. The van der Waals surface area contributed by atoms with Gasteiger partial charge in [0.25, 0.3) is 0 Å². The SMILES string of the molecule is [CH2]C(N1CCCC1)N1CCC[C@@H]1c1cc(F)ccc1F. The molecular formula is C16H21F2N2. The zero-order valence-corrected chi connectivity index (χ0v) is 11.7. The lowest BCUT2D eigenvalue weighted by Crippen LogP contribution is -2.45. The van der Waals surface area contributed by atoms with Crippen LogP contribution in [0.3, 0.4) is 0 Å². The molecule has 3 rings (SSSR count). The third-order valence-corrected chi connectivity index (χ3v) is 4.56. The predicted molar refractivity (Wildman–Crippen MR) is 75.0 cm³/mol. The van der Waals surface area contributed by atoms with Crippen LogP contribution in [0, 0.1) is 18.6 Å². The van der Waals surface area contributed by atoms with E-state index < -0.39 is 0 Å². The van der Waals surface area contributed by atoms with E-state index in [0.717, 1.165) is 32.5 Å². The Bertz CT molecular complexity index is 472. The predicted octanol–water partition coefficient (Wildman–Crippen LogP) is 3.36. The molecule has 2 aliphatic heterocycles. The van der Waals surface area contributed by atoms with Crippen molar-refractivity contribution in [3.05, 3.63) is 42.3 Å². The van der Waals surface area contributed by atoms with E-state index in [4.69, 9.17) is 0 Å². The second kappa shape index (κ2) is 5.78. The van der Waals surface area contributed by atoms with Crippen molar-refractivity contribution in [1.29, 1.82) is 0 Å². The largest absolute Gasteiger partial charge is 0.288 e. The molecule has 2 heterocycles. The van der Waals surface area contributed by atoms with E-state index in [-0.39, 0.29) is 23.8 Å². The molecule has 1 unspecified atom stereocenters. The summed E-state index contributed by atoms with van der Waals surface area (Å²) in [5.41, 5.74) is 0.482. The van der Waals surface area contributed by atoms with Gasteiger partial charge >= 0.3 is 0 Å². The smallest absolute Gasteiger partial charge is 0.128 e. The lowest BCUT2D eigenvalue weighted by molar-refractivity contribution is 0.0799. The van der Waals surface area contributed by atoms with Gasteiger partial charge in [-0.05, 0) is 63.9 Å². The minimum Gasteiger partial charge on any atom is -0.288 e. The summed E-state index contributed by atoms with van der Waals surface area (Å²) in [6, 6.07) is 3.71. The molecule has 1 aromatic rings. The van der Waals surface area contributed by atoms with Crippen molar-refractivity contribution in [1.82, 2.24) is 9.80 Å². The minimum absolute atomic E-state index is 0.0474. The number of hydrogen-bond acceptors (Lipinski definition) is 2. The third-order valence-electron chi connectivity index (χ3n) is 4.56. The fourth-order valence-electron chi connectivity index (χ4n) is 3.50. The van der Waals surface area contributed by atoms with Gasteiger partial charge in [-0.25, -0.2) is 8.78 Å². The highest BCUT2D eigenvalue weighted by Gasteiger charge is 2.34. The van der Waals surface area contributed by atoms with Gasteiger partial charge in [-0.3, -0.25) is 9.80 Å². The summed E-state index contributed by atoms with van der Waals surface area (Å²) in [7, 11) is 0. The highest BCUT2D eigenvalue weighted by atomic mass is 19.1. The highest BCUT2D eigenvalue weighted by Crippen LogP contribution is 2.36. The van der Waals surface area contributed by atoms with E-state index in [1.807, 2.05) is 0 Å². The Hall–Kier alpha value is -1.00. The van der Waals surface area contributed by atoms with Crippen LogP contribution in [-0.2, 0) is 0 Å². The van der Waals surface area contributed by atoms with Gasteiger partial charge in [0.2, 0.25) is 0 Å². The number of nitrogens with zero attached hydrogens (tertiary/aromatic N) is 2. The maximum Gasteiger partial charge on any atom is 0.128 e. The van der Waals surface area contributed by atoms with Crippen molar-refractivity contribution in [2.75, 3.05) is 19.6 Å². The first-order valence-corrected chi connectivity index (χ1v) is 7.44. The third kappa shape index (κ3) is 2.59. The molecule has 0 bridgehead atoms. The summed E-state index contributed by atoms with van der Waals surface area (Å²) in [4.78, 5) is 4.57. The van der Waals surface area contributed by atoms with Crippen molar-refractivity contribution in [2.45, 2.75) is 37.9 Å². The quantitative estimate of drug-likeness (QED) is 0.837. The van der Waals surface area contributed by atoms with Crippen LogP contribution in [-0.4, -0.2) is 35.6 Å². The molecular weight excluding hydrogens is 258 g/mol. The van der Waals surface area contributed by atoms with Gasteiger partial charge in [-0.15, -0.1) is 0 Å². The maximum atomic E-state index is 14.0. The number of likely N-dealkylation sites (tertiary alicyclic amines) is 2. The lowest BCUT2D eigenvalue weighted by atomic mass is 10.0. The molecule has 2 atom stereocenters. The lowest BCUT2D eigenvalue weighted by Gasteiger charge is -2.36. The molecule has 2 fully saturated rings. The number of rotatable bonds is 3. The Labute approximate surface area is 119 Å². The van der Waals surface area contributed by atoms with Gasteiger partial charge in [0.1, 0.15) is 11.6 Å². The molecule has 0 saturated carbocycles. The van der Waals surface area contributed by atoms with Crippen molar-refractivity contribution in [3.8, 4) is 0 Å². The fraction of sp³-hybridized carbons (Fsp3) is 0.562. The van der Waals surface area contributed by atoms with Gasteiger partial charge in [0.15, 0.2) is 0 Å². The Morgan fingerprint density at radius 1 is 1.10 bits per heavy atom. The number of hydrogen-bond donors (Lipinski definition) is 0. The fourth-order valence-corrected chi connectivity index (χ4v) is 3.50. The molecule has 109 valence electrons. The summed E-state index contributed by atoms with van der Waals surface area (Å²) in [5.74, 6) is -0.674. The average molecular weight is 279 g/mol. The normalized spacial score (nSPS) is 26.2. The summed E-state index contributed by atoms with van der Waals surface area (Å²) in [5, 5.41) is 0. The Morgan fingerprint density at radius 3 is 2.60 bits per heavy atom. The van der Waals surface area contributed by atoms with Crippen LogP contribution in [0.5, 0.6) is 0 Å². The van der Waals surface area contributed by atoms with Crippen LogP contribution in [0.4, 0.5) is 8.78 Å². The molecule has 2 aliphatic rings. The second-order valence-electron chi connectivity index (χ2n) is 5.79. The average Bonchev–Trinajstić information content (AvgIpc) is 3.11. The van der Waals surface area contributed by atoms with Crippen molar-refractivity contribution < 1.29 is 8.78 Å². The Kier molecular flexibility index (Phi) is 4.03. The highest BCUT2D eigenvalue weighted by molar-refractivity contribution is 5.23. The van der Waals surface area contributed by atoms with Crippen LogP contribution >= 0.6 is 0 Å². The zero-order valence-electron chi connectivity index (χ0n) is 11.7. The van der Waals surface area contributed by atoms with Crippen LogP contribution in [0.2, 0.25) is 0 Å². The Balaban J connectivity index is 1.82. The van der Waals surface area contributed by atoms with Gasteiger partial charge in [-0.1, -0.05) is 0 Å². The minimum atomic E-state index is -0.366. The molecule has 1 radical (unpaired) electrons. The molecule has 0 aliphatic carbocycles. The van der Waals surface area contributed by atoms with Crippen LogP contribution in [0.25, 0.3) is 0 Å². The summed E-state index contributed by atoms with van der Waals surface area (Å²) < 4.78 is 27.4. The van der Waals surface area contributed by atoms with E-state index in [9.17, 15) is 8.78 Å². The van der Waals surface area contributed by atoms with Crippen molar-refractivity contribution in [3.63, 3.8) is 0 Å². The molecule has 1 aromatic carbocycles. The molecule has 0 aromatic heterocycles. The standard InChI is InChI=1S/C16H21F2N2/c1-12(19-8-2-3-9-19)20-10-4-5-16(20)14-11-13(17)6-7-15(14)18/h6-7,11-12,16H,1-5,8-10H2/t12?,16-/m1/s1. The molecule has 0 spiro atoms. The van der Waals surface area contributed by atoms with Crippen LogP contribution < -0.4 is 0 Å². The zero-order chi connectivity index (χ0) is 14.1. The van der Waals surface area contributed by atoms with Crippen LogP contribution in [0.15, 0.2) is 18.2 Å². The van der Waals surface area contributed by atoms with E-state index in [0.29, 0.717) is 5.56 Å². The molecule has 4 heteroatoms. The first-order valence-electron chi connectivity index (χ1n) is 7.44. The monoisotopic (exact) mass is 279 g/mol. The second-order valence-corrected chi connectivity index (χ2v) is 5.79. The topological polar surface area (TPSA) is 6.48 Å². The molecule has 0 N–H and O–H groups in total. The van der Waals surface area contributed by atoms with Gasteiger partial charge in [0.05, 0.1) is 6.17 Å². The first-order chi connectivity index (χ1) is 9.66. The summed E-state index contributed by atoms with van der Waals surface area (Å²) >= 11 is 0. The molecule has 20 heavy (non-hydrogen) atoms. The van der Waals surface area contributed by atoms with E-state index in [1.54, 1.807) is 0 Å². The van der Waals surface area contributed by atoms with Crippen molar-refractivity contribution >= 4 is 0 Å². The Morgan fingerprint density at radius 2 is 1.85 bits per heavy atom. The number of benzene rings is 1. The summed E-state index contributed by atoms with van der Waals surface area (Å²) in [6.07, 6.45) is 4.37. The van der Waals surface area contributed by atoms with Crippen LogP contribution in [0.1, 0.15) is 37.3 Å². The molecule has 2 saturated heterocycles. The first kappa shape index (κ1) is 14.0. The summed E-state index contributed by atoms with van der Waals surface area (Å²) in [6.45, 7) is 7.29. The van der Waals surface area contributed by atoms with Gasteiger partial charge in [0, 0.05) is 18.2 Å². The van der Waals surface area contributed by atoms with E-state index in [1.165, 1.54) is 31.0 Å².